The van der Waals surface area contributed by atoms with Crippen LogP contribution in [0.25, 0.3) is 0 Å². The minimum atomic E-state index is -0.0770. The first-order valence-corrected chi connectivity index (χ1v) is 7.44. The Bertz CT molecular complexity index is 457. The maximum Gasteiger partial charge on any atom is 0.254 e. The van der Waals surface area contributed by atoms with Gasteiger partial charge >= 0.3 is 0 Å². The van der Waals surface area contributed by atoms with Crippen molar-refractivity contribution in [2.45, 2.75) is 38.6 Å². The quantitative estimate of drug-likeness (QED) is 0.838. The molecule has 0 atom stereocenters. The Labute approximate surface area is 121 Å². The van der Waals surface area contributed by atoms with Crippen LogP contribution in [0.4, 0.5) is 0 Å². The van der Waals surface area contributed by atoms with Gasteiger partial charge in [-0.25, -0.2) is 4.98 Å². The van der Waals surface area contributed by atoms with Crippen molar-refractivity contribution in [2.24, 2.45) is 5.92 Å². The van der Waals surface area contributed by atoms with Crippen LogP contribution < -0.4 is 5.32 Å². The molecule has 104 valence electrons. The van der Waals surface area contributed by atoms with Gasteiger partial charge in [-0.15, -0.1) is 0 Å². The van der Waals surface area contributed by atoms with Crippen LogP contribution in [0.1, 0.15) is 41.7 Å². The molecule has 1 saturated carbocycles. The Morgan fingerprint density at radius 2 is 2.11 bits per heavy atom. The molecule has 1 aliphatic rings. The molecular weight excluding hydrogens is 308 g/mol. The lowest BCUT2D eigenvalue weighted by molar-refractivity contribution is 0.0912. The number of nitrogens with zero attached hydrogens (tertiary/aromatic N) is 1. The average molecular weight is 327 g/mol. The lowest BCUT2D eigenvalue weighted by Gasteiger charge is -2.28. The summed E-state index contributed by atoms with van der Waals surface area (Å²) in [5, 5.41) is 12.1. The van der Waals surface area contributed by atoms with Crippen molar-refractivity contribution in [3.63, 3.8) is 0 Å². The van der Waals surface area contributed by atoms with Gasteiger partial charge in [0.1, 0.15) is 4.60 Å². The standard InChI is InChI=1S/C14H19BrN2O2/c1-9-2-7-12(13(15)16-9)14(19)17-11-5-3-10(8-18)4-6-11/h2,7,10-11,18H,3-6,8H2,1H3,(H,17,19). The maximum absolute atomic E-state index is 12.2. The highest BCUT2D eigenvalue weighted by Crippen LogP contribution is 2.24. The second-order valence-corrected chi connectivity index (χ2v) is 5.92. The van der Waals surface area contributed by atoms with Crippen LogP contribution in [-0.2, 0) is 0 Å². The summed E-state index contributed by atoms with van der Waals surface area (Å²) >= 11 is 3.33. The fourth-order valence-corrected chi connectivity index (χ4v) is 3.04. The van der Waals surface area contributed by atoms with E-state index in [9.17, 15) is 4.79 Å². The predicted octanol–water partition coefficient (Wildman–Crippen LogP) is 2.43. The zero-order valence-corrected chi connectivity index (χ0v) is 12.6. The number of nitrogens with one attached hydrogen (secondary N) is 1. The lowest BCUT2D eigenvalue weighted by atomic mass is 9.86. The molecule has 1 heterocycles. The van der Waals surface area contributed by atoms with Crippen LogP contribution in [0, 0.1) is 12.8 Å². The largest absolute Gasteiger partial charge is 0.396 e. The van der Waals surface area contributed by atoms with E-state index in [1.165, 1.54) is 0 Å². The number of amides is 1. The molecule has 4 nitrogen and oxygen atoms in total. The van der Waals surface area contributed by atoms with E-state index in [-0.39, 0.29) is 18.6 Å². The van der Waals surface area contributed by atoms with E-state index < -0.39 is 0 Å². The first kappa shape index (κ1) is 14.5. The molecule has 0 unspecified atom stereocenters. The molecule has 0 bridgehead atoms. The van der Waals surface area contributed by atoms with Gasteiger partial charge in [-0.1, -0.05) is 0 Å². The Balaban J connectivity index is 1.94. The monoisotopic (exact) mass is 326 g/mol. The molecule has 0 spiro atoms. The van der Waals surface area contributed by atoms with Crippen molar-refractivity contribution in [2.75, 3.05) is 6.61 Å². The minimum Gasteiger partial charge on any atom is -0.396 e. The molecule has 1 fully saturated rings. The van der Waals surface area contributed by atoms with Crippen molar-refractivity contribution in [1.82, 2.24) is 10.3 Å². The van der Waals surface area contributed by atoms with Gasteiger partial charge in [0.2, 0.25) is 0 Å². The van der Waals surface area contributed by atoms with E-state index in [1.807, 2.05) is 13.0 Å². The van der Waals surface area contributed by atoms with Crippen molar-refractivity contribution >= 4 is 21.8 Å². The maximum atomic E-state index is 12.2. The first-order valence-electron chi connectivity index (χ1n) is 6.65. The molecule has 1 aromatic heterocycles. The molecule has 0 saturated heterocycles. The van der Waals surface area contributed by atoms with Gasteiger partial charge < -0.3 is 10.4 Å². The summed E-state index contributed by atoms with van der Waals surface area (Å²) in [6.45, 7) is 2.15. The number of rotatable bonds is 3. The number of aromatic nitrogens is 1. The second kappa shape index (κ2) is 6.48. The van der Waals surface area contributed by atoms with Gasteiger partial charge in [-0.05, 0) is 66.6 Å². The topological polar surface area (TPSA) is 62.2 Å². The van der Waals surface area contributed by atoms with Crippen LogP contribution >= 0.6 is 15.9 Å². The van der Waals surface area contributed by atoms with Crippen molar-refractivity contribution in [3.8, 4) is 0 Å². The number of aryl methyl sites for hydroxylation is 1. The summed E-state index contributed by atoms with van der Waals surface area (Å²) in [6, 6.07) is 3.84. The van der Waals surface area contributed by atoms with Crippen LogP contribution in [0.5, 0.6) is 0 Å². The highest BCUT2D eigenvalue weighted by atomic mass is 79.9. The lowest BCUT2D eigenvalue weighted by Crippen LogP contribution is -2.38. The van der Waals surface area contributed by atoms with Crippen LogP contribution in [0.15, 0.2) is 16.7 Å². The van der Waals surface area contributed by atoms with E-state index in [2.05, 4.69) is 26.2 Å². The van der Waals surface area contributed by atoms with E-state index in [0.717, 1.165) is 31.4 Å². The van der Waals surface area contributed by atoms with Gasteiger partial charge in [0, 0.05) is 18.3 Å². The predicted molar refractivity (Wildman–Crippen MR) is 77.0 cm³/mol. The van der Waals surface area contributed by atoms with E-state index in [4.69, 9.17) is 5.11 Å². The Hall–Kier alpha value is -0.940. The molecular formula is C14H19BrN2O2. The van der Waals surface area contributed by atoms with Gasteiger partial charge in [0.25, 0.3) is 5.91 Å². The summed E-state index contributed by atoms with van der Waals surface area (Å²) in [4.78, 5) is 16.4. The number of carbonyl (C=O) groups excluding carboxylic acids is 1. The summed E-state index contributed by atoms with van der Waals surface area (Å²) in [5.74, 6) is 0.327. The third kappa shape index (κ3) is 3.76. The number of hydrogen-bond donors (Lipinski definition) is 2. The molecule has 0 aliphatic heterocycles. The summed E-state index contributed by atoms with van der Waals surface area (Å²) in [6.07, 6.45) is 3.84. The Morgan fingerprint density at radius 3 is 2.68 bits per heavy atom. The summed E-state index contributed by atoms with van der Waals surface area (Å²) in [5.41, 5.74) is 1.46. The third-order valence-corrected chi connectivity index (χ3v) is 4.28. The van der Waals surface area contributed by atoms with Crippen LogP contribution in [0.2, 0.25) is 0 Å². The fourth-order valence-electron chi connectivity index (χ4n) is 2.45. The molecule has 1 amide bonds. The molecule has 19 heavy (non-hydrogen) atoms. The molecule has 1 aromatic rings. The molecule has 0 aromatic carbocycles. The van der Waals surface area contributed by atoms with Crippen LogP contribution in [-0.4, -0.2) is 28.6 Å². The molecule has 0 radical (unpaired) electrons. The van der Waals surface area contributed by atoms with Crippen LogP contribution in [0.3, 0.4) is 0 Å². The van der Waals surface area contributed by atoms with E-state index in [0.29, 0.717) is 16.1 Å². The van der Waals surface area contributed by atoms with Gasteiger partial charge in [-0.3, -0.25) is 4.79 Å². The fraction of sp³-hybridized carbons (Fsp3) is 0.571. The number of hydrogen-bond acceptors (Lipinski definition) is 3. The summed E-state index contributed by atoms with van der Waals surface area (Å²) < 4.78 is 0.592. The number of aliphatic hydroxyl groups excluding tert-OH is 1. The van der Waals surface area contributed by atoms with Gasteiger partial charge in [-0.2, -0.15) is 0 Å². The molecule has 2 N–H and O–H groups in total. The first-order chi connectivity index (χ1) is 9.10. The zero-order valence-electron chi connectivity index (χ0n) is 11.0. The van der Waals surface area contributed by atoms with Gasteiger partial charge in [0.15, 0.2) is 0 Å². The minimum absolute atomic E-state index is 0.0770. The number of carbonyl (C=O) groups is 1. The number of pyridine rings is 1. The highest BCUT2D eigenvalue weighted by molar-refractivity contribution is 9.10. The third-order valence-electron chi connectivity index (χ3n) is 3.67. The average Bonchev–Trinajstić information content (AvgIpc) is 2.39. The Morgan fingerprint density at radius 1 is 1.42 bits per heavy atom. The number of aliphatic hydroxyl groups is 1. The van der Waals surface area contributed by atoms with E-state index >= 15 is 0 Å². The highest BCUT2D eigenvalue weighted by Gasteiger charge is 2.23. The van der Waals surface area contributed by atoms with Crippen molar-refractivity contribution in [3.05, 3.63) is 28.0 Å². The molecule has 2 rings (SSSR count). The number of halogens is 1. The molecule has 5 heteroatoms. The van der Waals surface area contributed by atoms with Gasteiger partial charge in [0.05, 0.1) is 5.56 Å². The summed E-state index contributed by atoms with van der Waals surface area (Å²) in [7, 11) is 0. The second-order valence-electron chi connectivity index (χ2n) is 5.16. The van der Waals surface area contributed by atoms with E-state index in [1.54, 1.807) is 6.07 Å². The van der Waals surface area contributed by atoms with Crippen molar-refractivity contribution < 1.29 is 9.90 Å². The SMILES string of the molecule is Cc1ccc(C(=O)NC2CCC(CO)CC2)c(Br)n1. The smallest absolute Gasteiger partial charge is 0.254 e. The zero-order chi connectivity index (χ0) is 13.8. The Kier molecular flexibility index (Phi) is 4.93. The normalized spacial score (nSPS) is 23.1. The van der Waals surface area contributed by atoms with Crippen molar-refractivity contribution in [1.29, 1.82) is 0 Å². The molecule has 1 aliphatic carbocycles.